The molecule has 0 aliphatic heterocycles. The zero-order chi connectivity index (χ0) is 12.8. The molecule has 0 radical (unpaired) electrons. The lowest BCUT2D eigenvalue weighted by molar-refractivity contribution is -0.141. The van der Waals surface area contributed by atoms with Crippen LogP contribution in [-0.4, -0.2) is 28.5 Å². The molecule has 0 fully saturated rings. The number of nitrogens with one attached hydrogen (secondary N) is 1. The van der Waals surface area contributed by atoms with E-state index in [-0.39, 0.29) is 12.5 Å². The molecule has 1 aromatic heterocycles. The molecular weight excluding hydrogens is 220 g/mol. The van der Waals surface area contributed by atoms with E-state index < -0.39 is 11.9 Å². The number of aromatic nitrogens is 1. The van der Waals surface area contributed by atoms with Crippen LogP contribution in [0.15, 0.2) is 18.3 Å². The van der Waals surface area contributed by atoms with E-state index in [0.29, 0.717) is 12.1 Å². The highest BCUT2D eigenvalue weighted by atomic mass is 16.4. The minimum Gasteiger partial charge on any atom is -0.481 e. The van der Waals surface area contributed by atoms with Crippen LogP contribution in [0.5, 0.6) is 0 Å². The average Bonchev–Trinajstić information content (AvgIpc) is 2.29. The van der Waals surface area contributed by atoms with E-state index in [4.69, 9.17) is 5.11 Å². The van der Waals surface area contributed by atoms with Crippen molar-refractivity contribution >= 4 is 11.9 Å². The maximum Gasteiger partial charge on any atom is 0.308 e. The van der Waals surface area contributed by atoms with Crippen molar-refractivity contribution in [3.63, 3.8) is 0 Å². The standard InChI is InChI=1S/C12H16N2O3/c1-3-9(12(16)17)7-14-11(15)10-8(2)5-4-6-13-10/h4-6,9H,3,7H2,1-2H3,(H,14,15)(H,16,17). The largest absolute Gasteiger partial charge is 0.481 e. The number of carbonyl (C=O) groups excluding carboxylic acids is 1. The molecular formula is C12H16N2O3. The average molecular weight is 236 g/mol. The van der Waals surface area contributed by atoms with E-state index >= 15 is 0 Å². The van der Waals surface area contributed by atoms with Gasteiger partial charge in [0.2, 0.25) is 0 Å². The second kappa shape index (κ2) is 5.98. The van der Waals surface area contributed by atoms with E-state index in [1.807, 2.05) is 0 Å². The van der Waals surface area contributed by atoms with Crippen molar-refractivity contribution in [1.82, 2.24) is 10.3 Å². The highest BCUT2D eigenvalue weighted by Gasteiger charge is 2.17. The Morgan fingerprint density at radius 1 is 1.53 bits per heavy atom. The molecule has 0 aliphatic carbocycles. The number of amides is 1. The number of pyridine rings is 1. The van der Waals surface area contributed by atoms with Crippen LogP contribution in [-0.2, 0) is 4.79 Å². The molecule has 0 saturated carbocycles. The lowest BCUT2D eigenvalue weighted by Crippen LogP contribution is -2.33. The summed E-state index contributed by atoms with van der Waals surface area (Å²) in [5, 5.41) is 11.4. The molecule has 0 bridgehead atoms. The smallest absolute Gasteiger partial charge is 0.308 e. The zero-order valence-electron chi connectivity index (χ0n) is 9.93. The quantitative estimate of drug-likeness (QED) is 0.805. The molecule has 1 atom stereocenters. The maximum atomic E-state index is 11.7. The number of carboxylic acid groups (broad SMARTS) is 1. The number of carboxylic acids is 1. The van der Waals surface area contributed by atoms with Crippen LogP contribution < -0.4 is 5.32 Å². The molecule has 5 nitrogen and oxygen atoms in total. The van der Waals surface area contributed by atoms with Gasteiger partial charge in [-0.05, 0) is 25.0 Å². The van der Waals surface area contributed by atoms with Gasteiger partial charge in [-0.2, -0.15) is 0 Å². The predicted octanol–water partition coefficient (Wildman–Crippen LogP) is 1.23. The Kier molecular flexibility index (Phi) is 4.63. The Bertz CT molecular complexity index is 418. The van der Waals surface area contributed by atoms with Crippen molar-refractivity contribution in [2.75, 3.05) is 6.54 Å². The minimum absolute atomic E-state index is 0.126. The summed E-state index contributed by atoms with van der Waals surface area (Å²) in [6.07, 6.45) is 2.02. The van der Waals surface area contributed by atoms with Crippen LogP contribution in [0.25, 0.3) is 0 Å². The maximum absolute atomic E-state index is 11.7. The summed E-state index contributed by atoms with van der Waals surface area (Å²) in [5.41, 5.74) is 1.11. The van der Waals surface area contributed by atoms with E-state index in [9.17, 15) is 9.59 Å². The number of carbonyl (C=O) groups is 2. The van der Waals surface area contributed by atoms with E-state index in [0.717, 1.165) is 5.56 Å². The van der Waals surface area contributed by atoms with Crippen molar-refractivity contribution in [1.29, 1.82) is 0 Å². The Morgan fingerprint density at radius 3 is 2.76 bits per heavy atom. The third kappa shape index (κ3) is 3.55. The fraction of sp³-hybridized carbons (Fsp3) is 0.417. The number of aliphatic carboxylic acids is 1. The van der Waals surface area contributed by atoms with Crippen LogP contribution in [0.4, 0.5) is 0 Å². The van der Waals surface area contributed by atoms with Gasteiger partial charge in [0.05, 0.1) is 5.92 Å². The van der Waals surface area contributed by atoms with Crippen molar-refractivity contribution in [3.8, 4) is 0 Å². The van der Waals surface area contributed by atoms with Crippen molar-refractivity contribution in [2.24, 2.45) is 5.92 Å². The third-order valence-corrected chi connectivity index (χ3v) is 2.58. The fourth-order valence-electron chi connectivity index (χ4n) is 1.43. The topological polar surface area (TPSA) is 79.3 Å². The van der Waals surface area contributed by atoms with Crippen LogP contribution in [0.3, 0.4) is 0 Å². The molecule has 0 aliphatic rings. The molecule has 1 heterocycles. The van der Waals surface area contributed by atoms with Crippen LogP contribution in [0, 0.1) is 12.8 Å². The van der Waals surface area contributed by atoms with E-state index in [1.54, 1.807) is 26.0 Å². The van der Waals surface area contributed by atoms with Gasteiger partial charge in [-0.3, -0.25) is 14.6 Å². The highest BCUT2D eigenvalue weighted by molar-refractivity contribution is 5.93. The summed E-state index contributed by atoms with van der Waals surface area (Å²) in [6.45, 7) is 3.69. The summed E-state index contributed by atoms with van der Waals surface area (Å²) >= 11 is 0. The van der Waals surface area contributed by atoms with Crippen LogP contribution in [0.1, 0.15) is 29.4 Å². The zero-order valence-corrected chi connectivity index (χ0v) is 9.93. The van der Waals surface area contributed by atoms with Crippen molar-refractivity contribution in [3.05, 3.63) is 29.6 Å². The highest BCUT2D eigenvalue weighted by Crippen LogP contribution is 2.04. The first-order chi connectivity index (χ1) is 8.06. The summed E-state index contributed by atoms with van der Waals surface area (Å²) in [4.78, 5) is 26.5. The Morgan fingerprint density at radius 2 is 2.24 bits per heavy atom. The summed E-state index contributed by atoms with van der Waals surface area (Å²) in [5.74, 6) is -1.78. The second-order valence-electron chi connectivity index (χ2n) is 3.82. The second-order valence-corrected chi connectivity index (χ2v) is 3.82. The summed E-state index contributed by atoms with van der Waals surface area (Å²) in [7, 11) is 0. The van der Waals surface area contributed by atoms with Gasteiger partial charge in [0.1, 0.15) is 5.69 Å². The Hall–Kier alpha value is -1.91. The molecule has 17 heavy (non-hydrogen) atoms. The van der Waals surface area contributed by atoms with Gasteiger partial charge < -0.3 is 10.4 Å². The van der Waals surface area contributed by atoms with Gasteiger partial charge in [0, 0.05) is 12.7 Å². The van der Waals surface area contributed by atoms with Gasteiger partial charge in [0.15, 0.2) is 0 Å². The SMILES string of the molecule is CCC(CNC(=O)c1ncccc1C)C(=O)O. The van der Waals surface area contributed by atoms with Gasteiger partial charge in [-0.25, -0.2) is 0 Å². The van der Waals surface area contributed by atoms with Crippen molar-refractivity contribution in [2.45, 2.75) is 20.3 Å². The summed E-state index contributed by atoms with van der Waals surface area (Å²) < 4.78 is 0. The summed E-state index contributed by atoms with van der Waals surface area (Å²) in [6, 6.07) is 3.54. The monoisotopic (exact) mass is 236 g/mol. The molecule has 1 rings (SSSR count). The first-order valence-electron chi connectivity index (χ1n) is 5.48. The van der Waals surface area contributed by atoms with Crippen LogP contribution >= 0.6 is 0 Å². The fourth-order valence-corrected chi connectivity index (χ4v) is 1.43. The van der Waals surface area contributed by atoms with E-state index in [1.165, 1.54) is 6.20 Å². The first-order valence-corrected chi connectivity index (χ1v) is 5.48. The Labute approximate surface area is 99.9 Å². The van der Waals surface area contributed by atoms with E-state index in [2.05, 4.69) is 10.3 Å². The third-order valence-electron chi connectivity index (χ3n) is 2.58. The number of aryl methyl sites for hydroxylation is 1. The molecule has 5 heteroatoms. The molecule has 92 valence electrons. The lowest BCUT2D eigenvalue weighted by atomic mass is 10.1. The normalized spacial score (nSPS) is 11.9. The molecule has 1 aromatic rings. The van der Waals surface area contributed by atoms with Gasteiger partial charge in [0.25, 0.3) is 5.91 Å². The molecule has 2 N–H and O–H groups in total. The number of hydrogen-bond acceptors (Lipinski definition) is 3. The van der Waals surface area contributed by atoms with Gasteiger partial charge in [-0.15, -0.1) is 0 Å². The number of hydrogen-bond donors (Lipinski definition) is 2. The molecule has 1 unspecified atom stereocenters. The molecule has 0 aromatic carbocycles. The Balaban J connectivity index is 2.62. The van der Waals surface area contributed by atoms with Gasteiger partial charge in [-0.1, -0.05) is 13.0 Å². The number of nitrogens with zero attached hydrogens (tertiary/aromatic N) is 1. The van der Waals surface area contributed by atoms with Crippen LogP contribution in [0.2, 0.25) is 0 Å². The lowest BCUT2D eigenvalue weighted by Gasteiger charge is -2.11. The first kappa shape index (κ1) is 13.2. The van der Waals surface area contributed by atoms with Gasteiger partial charge >= 0.3 is 5.97 Å². The molecule has 1 amide bonds. The van der Waals surface area contributed by atoms with Crippen molar-refractivity contribution < 1.29 is 14.7 Å². The predicted molar refractivity (Wildman–Crippen MR) is 62.7 cm³/mol. The molecule has 0 saturated heterocycles. The number of rotatable bonds is 5. The molecule has 0 spiro atoms. The minimum atomic E-state index is -0.898.